The molecule has 2 heterocycles. The highest BCUT2D eigenvalue weighted by Crippen LogP contribution is 2.23. The minimum Gasteiger partial charge on any atom is -0.360 e. The molecule has 16 heavy (non-hydrogen) atoms. The lowest BCUT2D eigenvalue weighted by Gasteiger charge is -1.95. The van der Waals surface area contributed by atoms with Crippen LogP contribution in [0.4, 0.5) is 0 Å². The molecular formula is C10H6N6. The van der Waals surface area contributed by atoms with E-state index in [0.29, 0.717) is 11.4 Å². The van der Waals surface area contributed by atoms with Crippen LogP contribution < -0.4 is 0 Å². The Morgan fingerprint density at radius 2 is 2.25 bits per heavy atom. The van der Waals surface area contributed by atoms with Gasteiger partial charge in [-0.1, -0.05) is 0 Å². The number of hydrogen-bond donors (Lipinski definition) is 2. The van der Waals surface area contributed by atoms with Gasteiger partial charge in [0.25, 0.3) is 0 Å². The van der Waals surface area contributed by atoms with Crippen molar-refractivity contribution in [1.29, 1.82) is 5.26 Å². The topological polar surface area (TPSA) is 94.0 Å². The van der Waals surface area contributed by atoms with Gasteiger partial charge in [0.2, 0.25) is 5.82 Å². The largest absolute Gasteiger partial charge is 0.360 e. The van der Waals surface area contributed by atoms with Crippen molar-refractivity contribution in [3.63, 3.8) is 0 Å². The SMILES string of the molecule is N#Cc1c[nH]c2ccc(-c3nn[nH]n3)cc12. The molecule has 6 heteroatoms. The van der Waals surface area contributed by atoms with Crippen molar-refractivity contribution in [3.8, 4) is 17.5 Å². The monoisotopic (exact) mass is 210 g/mol. The highest BCUT2D eigenvalue weighted by Gasteiger charge is 2.07. The van der Waals surface area contributed by atoms with Crippen LogP contribution >= 0.6 is 0 Å². The highest BCUT2D eigenvalue weighted by atomic mass is 15.5. The van der Waals surface area contributed by atoms with Crippen LogP contribution in [0.25, 0.3) is 22.3 Å². The Morgan fingerprint density at radius 3 is 3.00 bits per heavy atom. The number of H-pyrrole nitrogens is 2. The van der Waals surface area contributed by atoms with E-state index in [-0.39, 0.29) is 0 Å². The van der Waals surface area contributed by atoms with Gasteiger partial charge in [-0.3, -0.25) is 0 Å². The number of nitrogens with zero attached hydrogens (tertiary/aromatic N) is 4. The first kappa shape index (κ1) is 8.61. The first-order valence-electron chi connectivity index (χ1n) is 4.63. The van der Waals surface area contributed by atoms with Gasteiger partial charge in [-0.05, 0) is 23.4 Å². The average Bonchev–Trinajstić information content (AvgIpc) is 2.97. The zero-order valence-electron chi connectivity index (χ0n) is 8.10. The van der Waals surface area contributed by atoms with Crippen LogP contribution in [0.3, 0.4) is 0 Å². The second-order valence-electron chi connectivity index (χ2n) is 3.31. The molecule has 0 spiro atoms. The fraction of sp³-hybridized carbons (Fsp3) is 0. The maximum atomic E-state index is 8.93. The molecule has 76 valence electrons. The summed E-state index contributed by atoms with van der Waals surface area (Å²) in [6.07, 6.45) is 1.69. The molecule has 6 nitrogen and oxygen atoms in total. The van der Waals surface area contributed by atoms with Gasteiger partial charge < -0.3 is 4.98 Å². The quantitative estimate of drug-likeness (QED) is 0.631. The molecule has 0 bridgehead atoms. The summed E-state index contributed by atoms with van der Waals surface area (Å²) in [6.45, 7) is 0. The summed E-state index contributed by atoms with van der Waals surface area (Å²) in [7, 11) is 0. The Labute approximate surface area is 89.9 Å². The number of nitriles is 1. The summed E-state index contributed by atoms with van der Waals surface area (Å²) < 4.78 is 0. The molecule has 3 rings (SSSR count). The number of aromatic amines is 2. The van der Waals surface area contributed by atoms with E-state index in [9.17, 15) is 0 Å². The van der Waals surface area contributed by atoms with E-state index in [2.05, 4.69) is 31.7 Å². The Kier molecular flexibility index (Phi) is 1.71. The number of aromatic nitrogens is 5. The van der Waals surface area contributed by atoms with E-state index >= 15 is 0 Å². The Balaban J connectivity index is 2.26. The van der Waals surface area contributed by atoms with Crippen molar-refractivity contribution < 1.29 is 0 Å². The Hall–Kier alpha value is -2.68. The lowest BCUT2D eigenvalue weighted by molar-refractivity contribution is 0.881. The zero-order valence-corrected chi connectivity index (χ0v) is 8.10. The summed E-state index contributed by atoms with van der Waals surface area (Å²) >= 11 is 0. The molecule has 0 saturated heterocycles. The van der Waals surface area contributed by atoms with E-state index in [4.69, 9.17) is 5.26 Å². The maximum absolute atomic E-state index is 8.93. The van der Waals surface area contributed by atoms with Crippen LogP contribution in [0.2, 0.25) is 0 Å². The van der Waals surface area contributed by atoms with Gasteiger partial charge in [0, 0.05) is 22.7 Å². The highest BCUT2D eigenvalue weighted by molar-refractivity contribution is 5.88. The van der Waals surface area contributed by atoms with Gasteiger partial charge in [-0.2, -0.15) is 10.5 Å². The molecule has 0 saturated carbocycles. The fourth-order valence-corrected chi connectivity index (χ4v) is 1.64. The first-order valence-corrected chi connectivity index (χ1v) is 4.63. The average molecular weight is 210 g/mol. The second kappa shape index (κ2) is 3.17. The number of benzene rings is 1. The summed E-state index contributed by atoms with van der Waals surface area (Å²) in [5.74, 6) is 0.520. The second-order valence-corrected chi connectivity index (χ2v) is 3.31. The smallest absolute Gasteiger partial charge is 0.204 e. The summed E-state index contributed by atoms with van der Waals surface area (Å²) in [5, 5.41) is 23.5. The van der Waals surface area contributed by atoms with Crippen molar-refractivity contribution in [2.75, 3.05) is 0 Å². The predicted molar refractivity (Wildman–Crippen MR) is 56.2 cm³/mol. The van der Waals surface area contributed by atoms with E-state index in [1.807, 2.05) is 18.2 Å². The third-order valence-electron chi connectivity index (χ3n) is 2.41. The molecule has 0 aliphatic carbocycles. The van der Waals surface area contributed by atoms with Crippen molar-refractivity contribution in [1.82, 2.24) is 25.6 Å². The fourth-order valence-electron chi connectivity index (χ4n) is 1.64. The van der Waals surface area contributed by atoms with E-state index in [0.717, 1.165) is 16.5 Å². The van der Waals surface area contributed by atoms with Crippen LogP contribution in [0, 0.1) is 11.3 Å². The van der Waals surface area contributed by atoms with Crippen LogP contribution in [0.15, 0.2) is 24.4 Å². The standard InChI is InChI=1S/C10H6N6/c11-4-7-5-12-9-2-1-6(3-8(7)9)10-13-15-16-14-10/h1-3,5,12H,(H,13,14,15,16). The summed E-state index contributed by atoms with van der Waals surface area (Å²) in [4.78, 5) is 3.02. The third kappa shape index (κ3) is 1.15. The van der Waals surface area contributed by atoms with Gasteiger partial charge in [-0.15, -0.1) is 10.2 Å². The van der Waals surface area contributed by atoms with E-state index in [1.165, 1.54) is 0 Å². The normalized spacial score (nSPS) is 10.4. The van der Waals surface area contributed by atoms with Crippen molar-refractivity contribution in [2.45, 2.75) is 0 Å². The molecule has 0 aliphatic heterocycles. The minimum atomic E-state index is 0.520. The number of fused-ring (bicyclic) bond motifs is 1. The Bertz CT molecular complexity index is 673. The molecule has 2 N–H and O–H groups in total. The Morgan fingerprint density at radius 1 is 1.31 bits per heavy atom. The molecule has 1 aromatic carbocycles. The lowest BCUT2D eigenvalue weighted by Crippen LogP contribution is -1.81. The van der Waals surface area contributed by atoms with Gasteiger partial charge in [0.15, 0.2) is 0 Å². The zero-order chi connectivity index (χ0) is 11.0. The van der Waals surface area contributed by atoms with Crippen LogP contribution in [0.5, 0.6) is 0 Å². The van der Waals surface area contributed by atoms with E-state index < -0.39 is 0 Å². The molecule has 0 radical (unpaired) electrons. The van der Waals surface area contributed by atoms with Gasteiger partial charge >= 0.3 is 0 Å². The molecular weight excluding hydrogens is 204 g/mol. The van der Waals surface area contributed by atoms with Crippen LogP contribution in [0.1, 0.15) is 5.56 Å². The summed E-state index contributed by atoms with van der Waals surface area (Å²) in [6, 6.07) is 7.77. The number of nitrogens with one attached hydrogen (secondary N) is 2. The molecule has 0 unspecified atom stereocenters. The van der Waals surface area contributed by atoms with Crippen LogP contribution in [-0.4, -0.2) is 25.6 Å². The lowest BCUT2D eigenvalue weighted by atomic mass is 10.1. The molecule has 0 aliphatic rings. The van der Waals surface area contributed by atoms with Gasteiger partial charge in [0.1, 0.15) is 6.07 Å². The minimum absolute atomic E-state index is 0.520. The number of rotatable bonds is 1. The molecule has 0 fully saturated rings. The predicted octanol–water partition coefficient (Wildman–Crippen LogP) is 1.22. The molecule has 3 aromatic rings. The van der Waals surface area contributed by atoms with E-state index in [1.54, 1.807) is 6.20 Å². The first-order chi connectivity index (χ1) is 7.88. The van der Waals surface area contributed by atoms with Gasteiger partial charge in [-0.25, -0.2) is 0 Å². The van der Waals surface area contributed by atoms with Crippen molar-refractivity contribution in [3.05, 3.63) is 30.0 Å². The summed E-state index contributed by atoms with van der Waals surface area (Å²) in [5.41, 5.74) is 2.36. The maximum Gasteiger partial charge on any atom is 0.204 e. The van der Waals surface area contributed by atoms with Crippen LogP contribution in [-0.2, 0) is 0 Å². The third-order valence-corrected chi connectivity index (χ3v) is 2.41. The van der Waals surface area contributed by atoms with Crippen molar-refractivity contribution >= 4 is 10.9 Å². The molecule has 0 amide bonds. The number of hydrogen-bond acceptors (Lipinski definition) is 4. The van der Waals surface area contributed by atoms with Gasteiger partial charge in [0.05, 0.1) is 5.56 Å². The molecule has 0 atom stereocenters. The number of tetrazole rings is 1. The van der Waals surface area contributed by atoms with Crippen molar-refractivity contribution in [2.24, 2.45) is 0 Å². The molecule has 2 aromatic heterocycles.